The Morgan fingerprint density at radius 1 is 1.00 bits per heavy atom. The minimum atomic E-state index is -0.121. The maximum Gasteiger partial charge on any atom is 0.227 e. The van der Waals surface area contributed by atoms with Crippen LogP contribution in [0.3, 0.4) is 0 Å². The Kier molecular flexibility index (Phi) is 6.00. The minimum absolute atomic E-state index is 0.121. The van der Waals surface area contributed by atoms with E-state index in [0.717, 1.165) is 22.5 Å². The Morgan fingerprint density at radius 2 is 1.90 bits per heavy atom. The van der Waals surface area contributed by atoms with E-state index in [2.05, 4.69) is 25.4 Å². The summed E-state index contributed by atoms with van der Waals surface area (Å²) >= 11 is 0. The molecule has 0 aliphatic rings. The average molecular weight is 397 g/mol. The molecule has 0 radical (unpaired) electrons. The largest absolute Gasteiger partial charge is 0.339 e. The molecular weight excluding hydrogens is 378 g/mol. The molecule has 0 aliphatic heterocycles. The number of benzene rings is 1. The number of nitrogens with one attached hydrogen (secondary N) is 1. The fraction of sp³-hybridized carbons (Fsp3) is 0.0870. The number of amides is 1. The summed E-state index contributed by atoms with van der Waals surface area (Å²) in [5.41, 5.74) is 3.39. The van der Waals surface area contributed by atoms with Gasteiger partial charge in [0.1, 0.15) is 0 Å². The van der Waals surface area contributed by atoms with Gasteiger partial charge in [0.05, 0.1) is 5.69 Å². The molecular formula is C23H19N5O2. The fourth-order valence-corrected chi connectivity index (χ4v) is 2.79. The second kappa shape index (κ2) is 9.38. The molecule has 1 N–H and O–H groups in total. The van der Waals surface area contributed by atoms with Crippen LogP contribution in [0.25, 0.3) is 23.5 Å². The molecule has 1 amide bonds. The van der Waals surface area contributed by atoms with Crippen LogP contribution < -0.4 is 5.32 Å². The number of anilines is 1. The van der Waals surface area contributed by atoms with Crippen molar-refractivity contribution in [2.45, 2.75) is 12.8 Å². The molecule has 30 heavy (non-hydrogen) atoms. The van der Waals surface area contributed by atoms with E-state index in [9.17, 15) is 4.79 Å². The zero-order valence-corrected chi connectivity index (χ0v) is 16.1. The van der Waals surface area contributed by atoms with E-state index in [4.69, 9.17) is 4.52 Å². The molecule has 0 fully saturated rings. The molecule has 148 valence electrons. The van der Waals surface area contributed by atoms with Crippen molar-refractivity contribution >= 4 is 23.7 Å². The molecule has 0 spiro atoms. The van der Waals surface area contributed by atoms with E-state index in [1.165, 1.54) is 0 Å². The first-order chi connectivity index (χ1) is 14.8. The normalized spacial score (nSPS) is 10.9. The lowest BCUT2D eigenvalue weighted by atomic mass is 10.1. The van der Waals surface area contributed by atoms with Crippen LogP contribution in [0.15, 0.2) is 77.7 Å². The van der Waals surface area contributed by atoms with Gasteiger partial charge in [-0.3, -0.25) is 14.8 Å². The molecule has 4 aromatic rings. The van der Waals surface area contributed by atoms with Crippen molar-refractivity contribution in [1.29, 1.82) is 0 Å². The lowest BCUT2D eigenvalue weighted by Gasteiger charge is -2.05. The zero-order valence-electron chi connectivity index (χ0n) is 16.1. The standard InChI is InChI=1S/C23H19N5O2/c29-21(9-10-22-27-23(28-30-22)18-11-14-24-15-12-18)26-20-6-3-4-17(16-20)7-8-19-5-1-2-13-25-19/h1-8,11-16H,9-10H2,(H,26,29). The molecule has 7 heteroatoms. The molecule has 3 aromatic heterocycles. The van der Waals surface area contributed by atoms with Gasteiger partial charge >= 0.3 is 0 Å². The summed E-state index contributed by atoms with van der Waals surface area (Å²) in [5, 5.41) is 6.85. The van der Waals surface area contributed by atoms with Gasteiger partial charge in [0.2, 0.25) is 17.6 Å². The number of carbonyl (C=O) groups excluding carboxylic acids is 1. The van der Waals surface area contributed by atoms with Crippen LogP contribution in [0.1, 0.15) is 23.6 Å². The summed E-state index contributed by atoms with van der Waals surface area (Å²) in [7, 11) is 0. The van der Waals surface area contributed by atoms with E-state index in [1.807, 2.05) is 54.6 Å². The first-order valence-electron chi connectivity index (χ1n) is 9.48. The van der Waals surface area contributed by atoms with Crippen LogP contribution in [-0.2, 0) is 11.2 Å². The van der Waals surface area contributed by atoms with Gasteiger partial charge in [0, 0.05) is 42.7 Å². The Bertz CT molecular complexity index is 1140. The number of pyridine rings is 2. The SMILES string of the molecule is O=C(CCc1nc(-c2ccncc2)no1)Nc1cccc(C=Cc2ccccn2)c1. The van der Waals surface area contributed by atoms with Crippen molar-refractivity contribution in [3.05, 3.63) is 90.3 Å². The molecule has 7 nitrogen and oxygen atoms in total. The lowest BCUT2D eigenvalue weighted by Crippen LogP contribution is -2.12. The van der Waals surface area contributed by atoms with Crippen molar-refractivity contribution < 1.29 is 9.32 Å². The predicted octanol–water partition coefficient (Wildman–Crippen LogP) is 4.27. The second-order valence-electron chi connectivity index (χ2n) is 6.51. The maximum atomic E-state index is 12.3. The fourth-order valence-electron chi connectivity index (χ4n) is 2.79. The van der Waals surface area contributed by atoms with Crippen LogP contribution in [-0.4, -0.2) is 26.0 Å². The topological polar surface area (TPSA) is 93.8 Å². The van der Waals surface area contributed by atoms with Crippen molar-refractivity contribution in [3.63, 3.8) is 0 Å². The van der Waals surface area contributed by atoms with Gasteiger partial charge < -0.3 is 9.84 Å². The van der Waals surface area contributed by atoms with Crippen molar-refractivity contribution in [2.75, 3.05) is 5.32 Å². The summed E-state index contributed by atoms with van der Waals surface area (Å²) in [6, 6.07) is 17.0. The Morgan fingerprint density at radius 3 is 2.73 bits per heavy atom. The van der Waals surface area contributed by atoms with Gasteiger partial charge in [0.25, 0.3) is 0 Å². The lowest BCUT2D eigenvalue weighted by molar-refractivity contribution is -0.116. The van der Waals surface area contributed by atoms with Crippen molar-refractivity contribution in [2.24, 2.45) is 0 Å². The Balaban J connectivity index is 1.32. The quantitative estimate of drug-likeness (QED) is 0.501. The van der Waals surface area contributed by atoms with E-state index in [0.29, 0.717) is 18.1 Å². The number of rotatable bonds is 7. The van der Waals surface area contributed by atoms with Crippen LogP contribution in [0.4, 0.5) is 5.69 Å². The molecule has 0 bridgehead atoms. The third-order valence-corrected chi connectivity index (χ3v) is 4.28. The maximum absolute atomic E-state index is 12.3. The molecule has 0 unspecified atom stereocenters. The van der Waals surface area contributed by atoms with Gasteiger partial charge in [-0.1, -0.05) is 29.4 Å². The number of nitrogens with zero attached hydrogens (tertiary/aromatic N) is 4. The number of hydrogen-bond donors (Lipinski definition) is 1. The molecule has 0 atom stereocenters. The van der Waals surface area contributed by atoms with Crippen LogP contribution in [0, 0.1) is 0 Å². The molecule has 0 saturated carbocycles. The second-order valence-corrected chi connectivity index (χ2v) is 6.51. The van der Waals surface area contributed by atoms with Gasteiger partial charge in [-0.2, -0.15) is 4.98 Å². The van der Waals surface area contributed by atoms with E-state index in [1.54, 1.807) is 30.7 Å². The van der Waals surface area contributed by atoms with Crippen LogP contribution in [0.5, 0.6) is 0 Å². The Hall–Kier alpha value is -4.13. The van der Waals surface area contributed by atoms with E-state index < -0.39 is 0 Å². The van der Waals surface area contributed by atoms with Crippen LogP contribution in [0.2, 0.25) is 0 Å². The van der Waals surface area contributed by atoms with E-state index >= 15 is 0 Å². The number of hydrogen-bond acceptors (Lipinski definition) is 6. The highest BCUT2D eigenvalue weighted by atomic mass is 16.5. The monoisotopic (exact) mass is 397 g/mol. The number of aryl methyl sites for hydroxylation is 1. The third kappa shape index (κ3) is 5.23. The highest BCUT2D eigenvalue weighted by Crippen LogP contribution is 2.16. The van der Waals surface area contributed by atoms with Gasteiger partial charge in [-0.25, -0.2) is 0 Å². The highest BCUT2D eigenvalue weighted by molar-refractivity contribution is 5.91. The first-order valence-corrected chi connectivity index (χ1v) is 9.48. The van der Waals surface area contributed by atoms with E-state index in [-0.39, 0.29) is 12.3 Å². The van der Waals surface area contributed by atoms with Crippen molar-refractivity contribution in [1.82, 2.24) is 20.1 Å². The minimum Gasteiger partial charge on any atom is -0.339 e. The van der Waals surface area contributed by atoms with Gasteiger partial charge in [0.15, 0.2) is 0 Å². The van der Waals surface area contributed by atoms with Crippen molar-refractivity contribution in [3.8, 4) is 11.4 Å². The summed E-state index contributed by atoms with van der Waals surface area (Å²) < 4.78 is 5.24. The number of carbonyl (C=O) groups is 1. The highest BCUT2D eigenvalue weighted by Gasteiger charge is 2.11. The third-order valence-electron chi connectivity index (χ3n) is 4.28. The molecule has 0 saturated heterocycles. The summed E-state index contributed by atoms with van der Waals surface area (Å²) in [5.74, 6) is 0.786. The zero-order chi connectivity index (χ0) is 20.6. The summed E-state index contributed by atoms with van der Waals surface area (Å²) in [6.45, 7) is 0. The summed E-state index contributed by atoms with van der Waals surface area (Å²) in [6.07, 6.45) is 9.57. The van der Waals surface area contributed by atoms with Gasteiger partial charge in [-0.15, -0.1) is 0 Å². The van der Waals surface area contributed by atoms with Crippen LogP contribution >= 0.6 is 0 Å². The van der Waals surface area contributed by atoms with Gasteiger partial charge in [-0.05, 0) is 48.0 Å². The average Bonchev–Trinajstić information content (AvgIpc) is 3.27. The Labute approximate surface area is 173 Å². The molecule has 1 aromatic carbocycles. The predicted molar refractivity (Wildman–Crippen MR) is 114 cm³/mol. The molecule has 3 heterocycles. The summed E-state index contributed by atoms with van der Waals surface area (Å²) in [4.78, 5) is 24.9. The molecule has 4 rings (SSSR count). The smallest absolute Gasteiger partial charge is 0.227 e. The number of aromatic nitrogens is 4. The molecule has 0 aliphatic carbocycles. The first kappa shape index (κ1) is 19.2.